The Labute approximate surface area is 136 Å². The molecule has 5 rings (SSSR count). The highest BCUT2D eigenvalue weighted by atomic mass is 15.2. The summed E-state index contributed by atoms with van der Waals surface area (Å²) in [6, 6.07) is 7.96. The molecule has 0 aliphatic heterocycles. The highest BCUT2D eigenvalue weighted by Gasteiger charge is 2.13. The topological polar surface area (TPSA) is 88.1 Å². The molecule has 2 N–H and O–H groups in total. The van der Waals surface area contributed by atoms with Crippen LogP contribution in [-0.4, -0.2) is 34.9 Å². The number of aromatic nitrogens is 7. The molecule has 0 fully saturated rings. The Morgan fingerprint density at radius 2 is 2.04 bits per heavy atom. The molecule has 0 radical (unpaired) electrons. The van der Waals surface area contributed by atoms with Gasteiger partial charge in [0.05, 0.1) is 40.3 Å². The second-order valence-corrected chi connectivity index (χ2v) is 5.71. The molecule has 0 aliphatic rings. The first-order valence-corrected chi connectivity index (χ1v) is 7.55. The van der Waals surface area contributed by atoms with Gasteiger partial charge in [0.15, 0.2) is 0 Å². The zero-order valence-corrected chi connectivity index (χ0v) is 12.9. The summed E-state index contributed by atoms with van der Waals surface area (Å²) in [7, 11) is 1.89. The van der Waals surface area contributed by atoms with E-state index in [0.717, 1.165) is 44.6 Å². The van der Waals surface area contributed by atoms with E-state index in [1.807, 2.05) is 37.5 Å². The van der Waals surface area contributed by atoms with Crippen molar-refractivity contribution >= 4 is 21.9 Å². The van der Waals surface area contributed by atoms with Crippen LogP contribution in [0.1, 0.15) is 0 Å². The van der Waals surface area contributed by atoms with E-state index in [1.54, 1.807) is 23.3 Å². The maximum Gasteiger partial charge on any atom is 0.116 e. The predicted octanol–water partition coefficient (Wildman–Crippen LogP) is 2.90. The van der Waals surface area contributed by atoms with Crippen molar-refractivity contribution in [1.82, 2.24) is 34.9 Å². The first-order chi connectivity index (χ1) is 11.8. The molecule has 0 aliphatic carbocycles. The molecule has 0 saturated carbocycles. The molecule has 0 spiro atoms. The molecule has 24 heavy (non-hydrogen) atoms. The number of pyridine rings is 2. The molecular formula is C17H13N7. The van der Waals surface area contributed by atoms with Gasteiger partial charge in [-0.1, -0.05) is 0 Å². The molecule has 5 aromatic rings. The molecule has 116 valence electrons. The lowest BCUT2D eigenvalue weighted by Gasteiger charge is -1.98. The fourth-order valence-electron chi connectivity index (χ4n) is 2.92. The van der Waals surface area contributed by atoms with E-state index in [0.29, 0.717) is 0 Å². The van der Waals surface area contributed by atoms with E-state index < -0.39 is 0 Å². The third-order valence-electron chi connectivity index (χ3n) is 4.09. The maximum atomic E-state index is 4.49. The van der Waals surface area contributed by atoms with Gasteiger partial charge in [-0.15, -0.1) is 0 Å². The van der Waals surface area contributed by atoms with Crippen LogP contribution >= 0.6 is 0 Å². The van der Waals surface area contributed by atoms with Crippen molar-refractivity contribution < 1.29 is 0 Å². The molecular weight excluding hydrogens is 302 g/mol. The predicted molar refractivity (Wildman–Crippen MR) is 91.2 cm³/mol. The highest BCUT2D eigenvalue weighted by Crippen LogP contribution is 2.29. The van der Waals surface area contributed by atoms with Gasteiger partial charge < -0.3 is 4.98 Å². The zero-order valence-electron chi connectivity index (χ0n) is 12.9. The number of aryl methyl sites for hydroxylation is 1. The zero-order chi connectivity index (χ0) is 16.1. The SMILES string of the molecule is Cn1cc(-c2cc3c(-c4cc5ncccc5[nH]4)n[nH]c3cn2)cn1. The summed E-state index contributed by atoms with van der Waals surface area (Å²) < 4.78 is 1.76. The van der Waals surface area contributed by atoms with Gasteiger partial charge in [-0.3, -0.25) is 19.7 Å². The van der Waals surface area contributed by atoms with Gasteiger partial charge in [0.25, 0.3) is 0 Å². The van der Waals surface area contributed by atoms with Crippen molar-refractivity contribution in [2.45, 2.75) is 0 Å². The van der Waals surface area contributed by atoms with Gasteiger partial charge in [-0.25, -0.2) is 0 Å². The van der Waals surface area contributed by atoms with Crippen molar-refractivity contribution in [3.05, 3.63) is 49.1 Å². The smallest absolute Gasteiger partial charge is 0.116 e. The standard InChI is InChI=1S/C17H13N7/c1-24-9-10(7-20-24)13-5-11-16(8-19-13)22-23-17(11)15-6-14-12(21-15)3-2-4-18-14/h2-9,21H,1H3,(H,22,23). The third kappa shape index (κ3) is 1.91. The largest absolute Gasteiger partial charge is 0.352 e. The van der Waals surface area contributed by atoms with Crippen LogP contribution in [0, 0.1) is 0 Å². The second-order valence-electron chi connectivity index (χ2n) is 5.71. The fraction of sp³-hybridized carbons (Fsp3) is 0.0588. The summed E-state index contributed by atoms with van der Waals surface area (Å²) >= 11 is 0. The molecule has 0 aromatic carbocycles. The van der Waals surface area contributed by atoms with Crippen LogP contribution in [0.15, 0.2) is 49.1 Å². The lowest BCUT2D eigenvalue weighted by molar-refractivity contribution is 0.768. The Hall–Kier alpha value is -3.48. The second kappa shape index (κ2) is 4.76. The summed E-state index contributed by atoms with van der Waals surface area (Å²) in [5.74, 6) is 0. The van der Waals surface area contributed by atoms with Crippen LogP contribution in [0.5, 0.6) is 0 Å². The highest BCUT2D eigenvalue weighted by molar-refractivity contribution is 5.96. The van der Waals surface area contributed by atoms with Crippen molar-refractivity contribution in [2.75, 3.05) is 0 Å². The van der Waals surface area contributed by atoms with Crippen molar-refractivity contribution in [1.29, 1.82) is 0 Å². The molecule has 0 saturated heterocycles. The lowest BCUT2D eigenvalue weighted by Crippen LogP contribution is -1.85. The van der Waals surface area contributed by atoms with Gasteiger partial charge in [-0.05, 0) is 24.3 Å². The van der Waals surface area contributed by atoms with Crippen molar-refractivity contribution in [3.63, 3.8) is 0 Å². The lowest BCUT2D eigenvalue weighted by atomic mass is 10.1. The Bertz CT molecular complexity index is 1150. The Balaban J connectivity index is 1.70. The first-order valence-electron chi connectivity index (χ1n) is 7.55. The Kier molecular flexibility index (Phi) is 2.58. The van der Waals surface area contributed by atoms with Gasteiger partial charge >= 0.3 is 0 Å². The van der Waals surface area contributed by atoms with E-state index in [9.17, 15) is 0 Å². The molecule has 5 aromatic heterocycles. The van der Waals surface area contributed by atoms with E-state index >= 15 is 0 Å². The number of hydrogen-bond acceptors (Lipinski definition) is 4. The summed E-state index contributed by atoms with van der Waals surface area (Å²) in [6.07, 6.45) is 7.34. The number of rotatable bonds is 2. The first kappa shape index (κ1) is 13.0. The third-order valence-corrected chi connectivity index (χ3v) is 4.09. The average molecular weight is 315 g/mol. The molecule has 5 heterocycles. The quantitative estimate of drug-likeness (QED) is 0.524. The van der Waals surface area contributed by atoms with E-state index in [1.165, 1.54) is 0 Å². The minimum absolute atomic E-state index is 0.857. The number of H-pyrrole nitrogens is 2. The van der Waals surface area contributed by atoms with Gasteiger partial charge in [0, 0.05) is 30.4 Å². The molecule has 0 unspecified atom stereocenters. The van der Waals surface area contributed by atoms with Crippen LogP contribution in [0.25, 0.3) is 44.6 Å². The minimum atomic E-state index is 0.857. The van der Waals surface area contributed by atoms with Crippen LogP contribution < -0.4 is 0 Å². The summed E-state index contributed by atoms with van der Waals surface area (Å²) in [5, 5.41) is 12.7. The summed E-state index contributed by atoms with van der Waals surface area (Å²) in [5.41, 5.74) is 6.44. The Morgan fingerprint density at radius 1 is 1.08 bits per heavy atom. The molecule has 7 heteroatoms. The van der Waals surface area contributed by atoms with E-state index in [4.69, 9.17) is 0 Å². The molecule has 0 amide bonds. The summed E-state index contributed by atoms with van der Waals surface area (Å²) in [6.45, 7) is 0. The molecule has 0 atom stereocenters. The summed E-state index contributed by atoms with van der Waals surface area (Å²) in [4.78, 5) is 12.2. The van der Waals surface area contributed by atoms with Crippen LogP contribution in [0.4, 0.5) is 0 Å². The van der Waals surface area contributed by atoms with Gasteiger partial charge in [0.2, 0.25) is 0 Å². The van der Waals surface area contributed by atoms with Crippen molar-refractivity contribution in [2.24, 2.45) is 7.05 Å². The number of nitrogens with one attached hydrogen (secondary N) is 2. The van der Waals surface area contributed by atoms with E-state index in [2.05, 4.69) is 30.2 Å². The van der Waals surface area contributed by atoms with Crippen molar-refractivity contribution in [3.8, 4) is 22.6 Å². The number of fused-ring (bicyclic) bond motifs is 2. The maximum absolute atomic E-state index is 4.49. The normalized spacial score (nSPS) is 11.5. The Morgan fingerprint density at radius 3 is 2.88 bits per heavy atom. The number of hydrogen-bond donors (Lipinski definition) is 2. The monoisotopic (exact) mass is 315 g/mol. The van der Waals surface area contributed by atoms with Gasteiger partial charge in [0.1, 0.15) is 5.69 Å². The minimum Gasteiger partial charge on any atom is -0.352 e. The number of nitrogens with zero attached hydrogens (tertiary/aromatic N) is 5. The van der Waals surface area contributed by atoms with E-state index in [-0.39, 0.29) is 0 Å². The van der Waals surface area contributed by atoms with Crippen LogP contribution in [0.3, 0.4) is 0 Å². The fourth-order valence-corrected chi connectivity index (χ4v) is 2.92. The molecule has 0 bridgehead atoms. The number of aromatic amines is 2. The van der Waals surface area contributed by atoms with Crippen LogP contribution in [0.2, 0.25) is 0 Å². The molecule has 7 nitrogen and oxygen atoms in total. The average Bonchev–Trinajstić information content (AvgIpc) is 3.30. The van der Waals surface area contributed by atoms with Gasteiger partial charge in [-0.2, -0.15) is 10.2 Å². The van der Waals surface area contributed by atoms with Crippen LogP contribution in [-0.2, 0) is 7.05 Å².